The van der Waals surface area contributed by atoms with E-state index in [1.165, 1.54) is 5.56 Å². The van der Waals surface area contributed by atoms with Crippen LogP contribution >= 0.6 is 15.9 Å². The average molecular weight is 340 g/mol. The molecule has 1 aliphatic carbocycles. The highest BCUT2D eigenvalue weighted by atomic mass is 79.9. The highest BCUT2D eigenvalue weighted by molar-refractivity contribution is 9.10. The number of hydrogen-bond acceptors (Lipinski definition) is 2. The molecule has 3 heteroatoms. The molecule has 2 nitrogen and oxygen atoms in total. The largest absolute Gasteiger partial charge is 0.494 e. The molecule has 1 aliphatic rings. The van der Waals surface area contributed by atoms with Gasteiger partial charge in [0, 0.05) is 10.5 Å². The number of benzene rings is 1. The van der Waals surface area contributed by atoms with Gasteiger partial charge in [-0.25, -0.2) is 0 Å². The zero-order valence-electron chi connectivity index (χ0n) is 13.4. The van der Waals surface area contributed by atoms with Gasteiger partial charge in [-0.15, -0.1) is 0 Å². The van der Waals surface area contributed by atoms with Gasteiger partial charge in [0.25, 0.3) is 0 Å². The molecule has 112 valence electrons. The van der Waals surface area contributed by atoms with Gasteiger partial charge in [0.1, 0.15) is 5.75 Å². The molecule has 0 aliphatic heterocycles. The van der Waals surface area contributed by atoms with Gasteiger partial charge in [-0.05, 0) is 48.4 Å². The van der Waals surface area contributed by atoms with Crippen molar-refractivity contribution < 1.29 is 4.74 Å². The second-order valence-electron chi connectivity index (χ2n) is 6.80. The second-order valence-corrected chi connectivity index (χ2v) is 7.66. The van der Waals surface area contributed by atoms with E-state index in [-0.39, 0.29) is 0 Å². The SMILES string of the molecule is CCOc1ccc(C(NC)C2C(C)(C)C2(C)C)c(Br)c1. The van der Waals surface area contributed by atoms with Crippen molar-refractivity contribution in [3.8, 4) is 5.75 Å². The number of hydrogen-bond donors (Lipinski definition) is 1. The Balaban J connectivity index is 2.30. The van der Waals surface area contributed by atoms with Crippen LogP contribution in [-0.4, -0.2) is 13.7 Å². The third-order valence-corrected chi connectivity index (χ3v) is 6.08. The topological polar surface area (TPSA) is 21.3 Å². The molecule has 1 unspecified atom stereocenters. The van der Waals surface area contributed by atoms with Gasteiger partial charge >= 0.3 is 0 Å². The standard InChI is InChI=1S/C17H26BrNO/c1-7-20-11-8-9-12(13(18)10-11)14(19-6)15-16(2,3)17(15,4)5/h8-10,14-15,19H,7H2,1-6H3. The molecule has 1 aromatic carbocycles. The molecule has 0 bridgehead atoms. The lowest BCUT2D eigenvalue weighted by molar-refractivity contribution is 0.339. The maximum Gasteiger partial charge on any atom is 0.120 e. The zero-order valence-corrected chi connectivity index (χ0v) is 15.0. The van der Waals surface area contributed by atoms with Gasteiger partial charge in [0.2, 0.25) is 0 Å². The quantitative estimate of drug-likeness (QED) is 0.832. The third kappa shape index (κ3) is 2.39. The first-order chi connectivity index (χ1) is 9.27. The molecule has 1 atom stereocenters. The minimum atomic E-state index is 0.360. The Morgan fingerprint density at radius 2 is 1.85 bits per heavy atom. The molecule has 20 heavy (non-hydrogen) atoms. The molecule has 0 heterocycles. The second kappa shape index (κ2) is 5.34. The first-order valence-electron chi connectivity index (χ1n) is 7.36. The molecule has 0 radical (unpaired) electrons. The van der Waals surface area contributed by atoms with E-state index in [4.69, 9.17) is 4.74 Å². The van der Waals surface area contributed by atoms with E-state index in [0.717, 1.165) is 10.2 Å². The summed E-state index contributed by atoms with van der Waals surface area (Å²) in [5, 5.41) is 3.51. The van der Waals surface area contributed by atoms with Crippen molar-refractivity contribution in [2.45, 2.75) is 40.7 Å². The summed E-state index contributed by atoms with van der Waals surface area (Å²) in [4.78, 5) is 0. The van der Waals surface area contributed by atoms with Crippen molar-refractivity contribution in [2.24, 2.45) is 16.7 Å². The van der Waals surface area contributed by atoms with Crippen LogP contribution in [0.4, 0.5) is 0 Å². The van der Waals surface area contributed by atoms with Crippen LogP contribution in [0.1, 0.15) is 46.2 Å². The summed E-state index contributed by atoms with van der Waals surface area (Å²) in [6.45, 7) is 12.2. The van der Waals surface area contributed by atoms with Crippen molar-refractivity contribution in [3.63, 3.8) is 0 Å². The molecule has 1 aromatic rings. The van der Waals surface area contributed by atoms with E-state index in [1.54, 1.807) is 0 Å². The van der Waals surface area contributed by atoms with Crippen LogP contribution < -0.4 is 10.1 Å². The zero-order chi connectivity index (χ0) is 15.1. The van der Waals surface area contributed by atoms with Gasteiger partial charge < -0.3 is 10.1 Å². The maximum absolute atomic E-state index is 5.56. The lowest BCUT2D eigenvalue weighted by Crippen LogP contribution is -2.22. The molecule has 0 saturated heterocycles. The van der Waals surface area contributed by atoms with Gasteiger partial charge in [-0.2, -0.15) is 0 Å². The Morgan fingerprint density at radius 1 is 1.25 bits per heavy atom. The van der Waals surface area contributed by atoms with E-state index >= 15 is 0 Å². The highest BCUT2D eigenvalue weighted by Gasteiger charge is 2.67. The van der Waals surface area contributed by atoms with Crippen molar-refractivity contribution >= 4 is 15.9 Å². The monoisotopic (exact) mass is 339 g/mol. The fourth-order valence-corrected chi connectivity index (χ4v) is 4.20. The van der Waals surface area contributed by atoms with Gasteiger partial charge in [0.15, 0.2) is 0 Å². The first kappa shape index (κ1) is 15.8. The molecule has 0 spiro atoms. The molecular formula is C17H26BrNO. The molecule has 0 amide bonds. The van der Waals surface area contributed by atoms with Crippen LogP contribution in [0.25, 0.3) is 0 Å². The van der Waals surface area contributed by atoms with E-state index in [2.05, 4.69) is 74.2 Å². The van der Waals surface area contributed by atoms with Gasteiger partial charge in [0.05, 0.1) is 6.61 Å². The summed E-state index contributed by atoms with van der Waals surface area (Å²) in [6, 6.07) is 6.69. The molecule has 0 aromatic heterocycles. The first-order valence-corrected chi connectivity index (χ1v) is 8.16. The third-order valence-electron chi connectivity index (χ3n) is 5.39. The van der Waals surface area contributed by atoms with Crippen LogP contribution in [0.15, 0.2) is 22.7 Å². The summed E-state index contributed by atoms with van der Waals surface area (Å²) in [7, 11) is 2.05. The van der Waals surface area contributed by atoms with Crippen molar-refractivity contribution in [3.05, 3.63) is 28.2 Å². The lowest BCUT2D eigenvalue weighted by Gasteiger charge is -2.21. The fourth-order valence-electron chi connectivity index (χ4n) is 3.60. The molecular weight excluding hydrogens is 314 g/mol. The summed E-state index contributed by atoms with van der Waals surface area (Å²) in [5.41, 5.74) is 2.04. The van der Waals surface area contributed by atoms with E-state index < -0.39 is 0 Å². The Hall–Kier alpha value is -0.540. The van der Waals surface area contributed by atoms with Crippen molar-refractivity contribution in [1.29, 1.82) is 0 Å². The van der Waals surface area contributed by atoms with E-state index in [9.17, 15) is 0 Å². The minimum Gasteiger partial charge on any atom is -0.494 e. The Kier molecular flexibility index (Phi) is 4.23. The summed E-state index contributed by atoms with van der Waals surface area (Å²) in [6.07, 6.45) is 0. The Labute approximate surface area is 131 Å². The van der Waals surface area contributed by atoms with Crippen LogP contribution in [0.5, 0.6) is 5.75 Å². The average Bonchev–Trinajstić information content (AvgIpc) is 2.75. The number of nitrogens with one attached hydrogen (secondary N) is 1. The van der Waals surface area contributed by atoms with Crippen molar-refractivity contribution in [1.82, 2.24) is 5.32 Å². The van der Waals surface area contributed by atoms with Crippen LogP contribution in [-0.2, 0) is 0 Å². The summed E-state index contributed by atoms with van der Waals surface area (Å²) in [5.74, 6) is 1.56. The number of halogens is 1. The Bertz CT molecular complexity index is 482. The van der Waals surface area contributed by atoms with E-state index in [0.29, 0.717) is 29.4 Å². The molecule has 2 rings (SSSR count). The number of rotatable bonds is 5. The summed E-state index contributed by atoms with van der Waals surface area (Å²) >= 11 is 3.71. The smallest absolute Gasteiger partial charge is 0.120 e. The molecule has 1 saturated carbocycles. The van der Waals surface area contributed by atoms with Gasteiger partial charge in [-0.3, -0.25) is 0 Å². The van der Waals surface area contributed by atoms with E-state index in [1.807, 2.05) is 6.92 Å². The lowest BCUT2D eigenvalue weighted by atomic mass is 9.96. The number of ether oxygens (including phenoxy) is 1. The van der Waals surface area contributed by atoms with Crippen LogP contribution in [0, 0.1) is 16.7 Å². The van der Waals surface area contributed by atoms with Crippen LogP contribution in [0.2, 0.25) is 0 Å². The van der Waals surface area contributed by atoms with Crippen molar-refractivity contribution in [2.75, 3.05) is 13.7 Å². The highest BCUT2D eigenvalue weighted by Crippen LogP contribution is 2.72. The Morgan fingerprint density at radius 3 is 2.25 bits per heavy atom. The minimum absolute atomic E-state index is 0.360. The van der Waals surface area contributed by atoms with Crippen LogP contribution in [0.3, 0.4) is 0 Å². The predicted octanol–water partition coefficient (Wildman–Crippen LogP) is 4.79. The predicted molar refractivity (Wildman–Crippen MR) is 88.2 cm³/mol. The fraction of sp³-hybridized carbons (Fsp3) is 0.647. The van der Waals surface area contributed by atoms with Gasteiger partial charge in [-0.1, -0.05) is 49.7 Å². The molecule has 1 N–H and O–H groups in total. The summed E-state index contributed by atoms with van der Waals surface area (Å²) < 4.78 is 6.69. The molecule has 1 fully saturated rings. The maximum atomic E-state index is 5.56. The normalized spacial score (nSPS) is 21.6.